The minimum Gasteiger partial charge on any atom is -0.508 e. The maximum Gasteiger partial charge on any atom is 0.115 e. The molecule has 0 heterocycles. The Morgan fingerprint density at radius 3 is 1.14 bits per heavy atom. The fourth-order valence-electron chi connectivity index (χ4n) is 5.28. The molecule has 0 saturated heterocycles. The lowest BCUT2D eigenvalue weighted by Crippen LogP contribution is -2.30. The molecule has 0 aliphatic carbocycles. The van der Waals surface area contributed by atoms with Gasteiger partial charge >= 0.3 is 0 Å². The molecular formula is C33H36O3. The van der Waals surface area contributed by atoms with Gasteiger partial charge in [-0.3, -0.25) is 0 Å². The van der Waals surface area contributed by atoms with E-state index in [1.165, 1.54) is 11.1 Å². The van der Waals surface area contributed by atoms with Gasteiger partial charge in [0.15, 0.2) is 0 Å². The number of aromatic hydroxyl groups is 3. The van der Waals surface area contributed by atoms with Gasteiger partial charge in [0.2, 0.25) is 0 Å². The highest BCUT2D eigenvalue weighted by Gasteiger charge is 2.36. The van der Waals surface area contributed by atoms with E-state index < -0.39 is 5.41 Å². The molecule has 3 heteroatoms. The topological polar surface area (TPSA) is 60.7 Å². The lowest BCUT2D eigenvalue weighted by atomic mass is 9.66. The van der Waals surface area contributed by atoms with Crippen LogP contribution in [0, 0.1) is 0 Å². The molecule has 0 atom stereocenters. The number of benzene rings is 4. The number of unbranched alkanes of at least 4 members (excludes halogenated alkanes) is 2. The fraction of sp³-hybridized carbons (Fsp3) is 0.273. The molecule has 0 aliphatic rings. The summed E-state index contributed by atoms with van der Waals surface area (Å²) in [5.74, 6) is 0.764. The monoisotopic (exact) mass is 480 g/mol. The van der Waals surface area contributed by atoms with Crippen molar-refractivity contribution in [1.82, 2.24) is 0 Å². The van der Waals surface area contributed by atoms with Gasteiger partial charge in [-0.05, 0) is 70.6 Å². The van der Waals surface area contributed by atoms with Crippen LogP contribution in [0.4, 0.5) is 0 Å². The Morgan fingerprint density at radius 2 is 0.778 bits per heavy atom. The van der Waals surface area contributed by atoms with E-state index in [9.17, 15) is 15.3 Å². The lowest BCUT2D eigenvalue weighted by molar-refractivity contribution is 0.470. The molecule has 0 radical (unpaired) electrons. The summed E-state index contributed by atoms with van der Waals surface area (Å²) < 4.78 is 0. The van der Waals surface area contributed by atoms with Crippen LogP contribution in [0.5, 0.6) is 17.2 Å². The van der Waals surface area contributed by atoms with Crippen molar-refractivity contribution >= 4 is 0 Å². The van der Waals surface area contributed by atoms with Crippen LogP contribution in [0.25, 0.3) is 0 Å². The molecule has 0 aliphatic heterocycles. The zero-order valence-electron chi connectivity index (χ0n) is 21.4. The molecule has 4 aromatic carbocycles. The summed E-state index contributed by atoms with van der Waals surface area (Å²) in [6.45, 7) is 6.61. The second-order valence-electron chi connectivity index (χ2n) is 10.2. The molecule has 0 bridgehead atoms. The predicted molar refractivity (Wildman–Crippen MR) is 147 cm³/mol. The van der Waals surface area contributed by atoms with Gasteiger partial charge in [-0.1, -0.05) is 101 Å². The van der Waals surface area contributed by atoms with Crippen LogP contribution in [0.15, 0.2) is 97.1 Å². The maximum absolute atomic E-state index is 10.0. The van der Waals surface area contributed by atoms with Gasteiger partial charge in [0.25, 0.3) is 0 Å². The highest BCUT2D eigenvalue weighted by Crippen LogP contribution is 2.45. The van der Waals surface area contributed by atoms with E-state index >= 15 is 0 Å². The van der Waals surface area contributed by atoms with Crippen LogP contribution in [0.1, 0.15) is 74.3 Å². The largest absolute Gasteiger partial charge is 0.508 e. The minimum atomic E-state index is -0.419. The van der Waals surface area contributed by atoms with E-state index in [0.29, 0.717) is 0 Å². The van der Waals surface area contributed by atoms with Crippen molar-refractivity contribution in [2.45, 2.75) is 57.3 Å². The Morgan fingerprint density at radius 1 is 0.472 bits per heavy atom. The van der Waals surface area contributed by atoms with Gasteiger partial charge in [0.1, 0.15) is 17.2 Å². The zero-order valence-corrected chi connectivity index (χ0v) is 21.4. The molecule has 4 aromatic rings. The van der Waals surface area contributed by atoms with Crippen LogP contribution in [-0.4, -0.2) is 15.3 Å². The molecule has 0 amide bonds. The Kier molecular flexibility index (Phi) is 7.40. The SMILES string of the molecule is CCCCCC(c1ccc(O)cc1)(c1ccc(O)cc1)c1ccc(C(C)(C)c2ccc(O)cc2)cc1. The van der Waals surface area contributed by atoms with Crippen LogP contribution < -0.4 is 0 Å². The number of hydrogen-bond donors (Lipinski definition) is 3. The second kappa shape index (κ2) is 10.5. The fourth-order valence-corrected chi connectivity index (χ4v) is 5.28. The normalized spacial score (nSPS) is 12.0. The first kappa shape index (κ1) is 25.4. The molecule has 186 valence electrons. The van der Waals surface area contributed by atoms with Crippen LogP contribution >= 0.6 is 0 Å². The van der Waals surface area contributed by atoms with Gasteiger partial charge in [0.05, 0.1) is 0 Å². The van der Waals surface area contributed by atoms with Gasteiger partial charge < -0.3 is 15.3 Å². The third-order valence-corrected chi connectivity index (χ3v) is 7.56. The number of phenols is 3. The van der Waals surface area contributed by atoms with Crippen molar-refractivity contribution in [3.8, 4) is 17.2 Å². The molecule has 0 spiro atoms. The maximum atomic E-state index is 10.0. The predicted octanol–water partition coefficient (Wildman–Crippen LogP) is 8.04. The second-order valence-corrected chi connectivity index (χ2v) is 10.2. The van der Waals surface area contributed by atoms with Gasteiger partial charge in [-0.15, -0.1) is 0 Å². The van der Waals surface area contributed by atoms with Crippen molar-refractivity contribution in [2.75, 3.05) is 0 Å². The molecule has 0 fully saturated rings. The highest BCUT2D eigenvalue weighted by atomic mass is 16.3. The Labute approximate surface area is 214 Å². The highest BCUT2D eigenvalue weighted by molar-refractivity contribution is 5.53. The average Bonchev–Trinajstić information content (AvgIpc) is 2.88. The summed E-state index contributed by atoms with van der Waals surface area (Å²) >= 11 is 0. The lowest BCUT2D eigenvalue weighted by Gasteiger charge is -2.37. The summed E-state index contributed by atoms with van der Waals surface area (Å²) in [5, 5.41) is 29.8. The quantitative estimate of drug-likeness (QED) is 0.168. The number of rotatable bonds is 9. The van der Waals surface area contributed by atoms with Crippen LogP contribution in [0.2, 0.25) is 0 Å². The summed E-state index contributed by atoms with van der Waals surface area (Å²) in [6, 6.07) is 31.4. The molecule has 0 saturated carbocycles. The van der Waals surface area contributed by atoms with Gasteiger partial charge in [-0.2, -0.15) is 0 Å². The smallest absolute Gasteiger partial charge is 0.115 e. The first-order valence-corrected chi connectivity index (χ1v) is 12.8. The van der Waals surface area contributed by atoms with E-state index in [2.05, 4.69) is 45.0 Å². The molecule has 3 N–H and O–H groups in total. The van der Waals surface area contributed by atoms with Crippen molar-refractivity contribution in [3.05, 3.63) is 125 Å². The third-order valence-electron chi connectivity index (χ3n) is 7.56. The number of phenolic OH excluding ortho intramolecular Hbond substituents is 3. The van der Waals surface area contributed by atoms with Crippen molar-refractivity contribution in [2.24, 2.45) is 0 Å². The third kappa shape index (κ3) is 4.97. The van der Waals surface area contributed by atoms with Crippen molar-refractivity contribution < 1.29 is 15.3 Å². The summed E-state index contributed by atoms with van der Waals surface area (Å²) in [7, 11) is 0. The average molecular weight is 481 g/mol. The van der Waals surface area contributed by atoms with Crippen LogP contribution in [-0.2, 0) is 10.8 Å². The Hall–Kier alpha value is -3.72. The molecule has 4 rings (SSSR count). The van der Waals surface area contributed by atoms with E-state index in [1.54, 1.807) is 36.4 Å². The first-order chi connectivity index (χ1) is 17.3. The van der Waals surface area contributed by atoms with E-state index in [-0.39, 0.29) is 22.7 Å². The van der Waals surface area contributed by atoms with Gasteiger partial charge in [-0.25, -0.2) is 0 Å². The molecule has 0 aromatic heterocycles. The van der Waals surface area contributed by atoms with E-state index in [4.69, 9.17) is 0 Å². The first-order valence-electron chi connectivity index (χ1n) is 12.8. The number of hydrogen-bond acceptors (Lipinski definition) is 3. The minimum absolute atomic E-state index is 0.228. The Balaban J connectivity index is 1.85. The van der Waals surface area contributed by atoms with Crippen molar-refractivity contribution in [3.63, 3.8) is 0 Å². The summed E-state index contributed by atoms with van der Waals surface area (Å²) in [5.41, 5.74) is 5.10. The zero-order chi connectivity index (χ0) is 25.8. The van der Waals surface area contributed by atoms with E-state index in [1.807, 2.05) is 36.4 Å². The molecule has 3 nitrogen and oxygen atoms in total. The van der Waals surface area contributed by atoms with Gasteiger partial charge in [0, 0.05) is 10.8 Å². The van der Waals surface area contributed by atoms with E-state index in [0.717, 1.165) is 42.4 Å². The Bertz CT molecular complexity index is 1210. The summed E-state index contributed by atoms with van der Waals surface area (Å²) in [4.78, 5) is 0. The molecule has 36 heavy (non-hydrogen) atoms. The summed E-state index contributed by atoms with van der Waals surface area (Å²) in [6.07, 6.45) is 4.22. The molecular weight excluding hydrogens is 444 g/mol. The van der Waals surface area contributed by atoms with Crippen LogP contribution in [0.3, 0.4) is 0 Å². The molecule has 0 unspecified atom stereocenters. The standard InChI is InChI=1S/C33H36O3/c1-4-5-6-23-33(27-13-19-30(35)20-14-27,28-15-21-31(36)22-16-28)26-9-7-24(8-10-26)32(2,3)25-11-17-29(34)18-12-25/h7-22,34-36H,4-6,23H2,1-3H3. The van der Waals surface area contributed by atoms with Crippen molar-refractivity contribution in [1.29, 1.82) is 0 Å².